The van der Waals surface area contributed by atoms with E-state index < -0.39 is 45.0 Å². The van der Waals surface area contributed by atoms with Crippen molar-refractivity contribution in [3.05, 3.63) is 71.3 Å². The first-order valence-electron chi connectivity index (χ1n) is 13.4. The lowest BCUT2D eigenvalue weighted by Crippen LogP contribution is -2.62. The van der Waals surface area contributed by atoms with Crippen LogP contribution in [0, 0.1) is 0 Å². The summed E-state index contributed by atoms with van der Waals surface area (Å²) >= 11 is 0. The molecule has 1 aliphatic heterocycles. The van der Waals surface area contributed by atoms with Crippen LogP contribution in [0.2, 0.25) is 16.6 Å². The molecule has 1 N–H and O–H groups in total. The van der Waals surface area contributed by atoms with E-state index in [-0.39, 0.29) is 0 Å². The highest BCUT2D eigenvalue weighted by Crippen LogP contribution is 2.46. The second kappa shape index (κ2) is 13.3. The number of carbonyl (C=O) groups excluding carboxylic acids is 1. The average Bonchev–Trinajstić information content (AvgIpc) is 2.91. The van der Waals surface area contributed by atoms with Crippen LogP contribution in [0.1, 0.15) is 69.1 Å². The molecule has 7 nitrogen and oxygen atoms in total. The molecule has 0 aromatic heterocycles. The number of methoxy groups -OCH3 is 2. The van der Waals surface area contributed by atoms with Crippen LogP contribution < -0.4 is 0 Å². The number of aliphatic hydroxyl groups is 1. The Bertz CT molecular complexity index is 987. The first-order chi connectivity index (χ1) is 18.1. The van der Waals surface area contributed by atoms with Gasteiger partial charge in [-0.2, -0.15) is 0 Å². The monoisotopic (exact) mass is 544 g/mol. The van der Waals surface area contributed by atoms with Crippen molar-refractivity contribution in [1.29, 1.82) is 0 Å². The molecule has 0 unspecified atom stereocenters. The molecule has 0 saturated carbocycles. The van der Waals surface area contributed by atoms with Gasteiger partial charge in [0, 0.05) is 7.11 Å². The number of esters is 1. The molecule has 0 bridgehead atoms. The van der Waals surface area contributed by atoms with E-state index in [1.807, 2.05) is 30.3 Å². The van der Waals surface area contributed by atoms with Gasteiger partial charge in [0.1, 0.15) is 24.4 Å². The summed E-state index contributed by atoms with van der Waals surface area (Å²) in [6.45, 7) is 13.6. The molecule has 0 aliphatic carbocycles. The molecular weight excluding hydrogens is 500 g/mol. The van der Waals surface area contributed by atoms with E-state index in [4.69, 9.17) is 23.4 Å². The molecule has 2 aromatic carbocycles. The quantitative estimate of drug-likeness (QED) is 0.273. The molecule has 0 radical (unpaired) electrons. The number of ether oxygens (including phenoxy) is 4. The summed E-state index contributed by atoms with van der Waals surface area (Å²) < 4.78 is 30.5. The van der Waals surface area contributed by atoms with Crippen molar-refractivity contribution in [2.75, 3.05) is 14.2 Å². The van der Waals surface area contributed by atoms with E-state index in [0.29, 0.717) is 34.4 Å². The summed E-state index contributed by atoms with van der Waals surface area (Å²) in [5.74, 6) is -0.423. The molecule has 5 atom stereocenters. The van der Waals surface area contributed by atoms with Gasteiger partial charge < -0.3 is 28.5 Å². The third-order valence-electron chi connectivity index (χ3n) is 7.74. The maximum Gasteiger partial charge on any atom is 0.337 e. The minimum absolute atomic E-state index is 0.311. The lowest BCUT2D eigenvalue weighted by molar-refractivity contribution is -0.301. The zero-order chi connectivity index (χ0) is 28.0. The maximum absolute atomic E-state index is 11.9. The molecule has 1 heterocycles. The predicted molar refractivity (Wildman–Crippen MR) is 149 cm³/mol. The third kappa shape index (κ3) is 6.38. The molecule has 0 amide bonds. The van der Waals surface area contributed by atoms with Crippen LogP contribution in [-0.4, -0.2) is 58.2 Å². The number of benzene rings is 2. The van der Waals surface area contributed by atoms with Gasteiger partial charge in [-0.15, -0.1) is 0 Å². The van der Waals surface area contributed by atoms with Crippen LogP contribution in [0.15, 0.2) is 54.6 Å². The number of hydrogen-bond acceptors (Lipinski definition) is 7. The Hall–Kier alpha value is -2.07. The van der Waals surface area contributed by atoms with Gasteiger partial charge in [-0.25, -0.2) is 4.79 Å². The van der Waals surface area contributed by atoms with E-state index in [2.05, 4.69) is 41.5 Å². The topological polar surface area (TPSA) is 83.5 Å². The molecule has 210 valence electrons. The molecular formula is C30H44O7Si. The van der Waals surface area contributed by atoms with Crippen molar-refractivity contribution in [2.45, 2.75) is 95.5 Å². The zero-order valence-corrected chi connectivity index (χ0v) is 24.9. The van der Waals surface area contributed by atoms with Gasteiger partial charge in [0.15, 0.2) is 6.29 Å². The highest BCUT2D eigenvalue weighted by Gasteiger charge is 2.54. The summed E-state index contributed by atoms with van der Waals surface area (Å²) in [5.41, 5.74) is 3.08. The summed E-state index contributed by atoms with van der Waals surface area (Å²) in [5, 5.41) is 11.8. The van der Waals surface area contributed by atoms with Gasteiger partial charge >= 0.3 is 5.97 Å². The molecule has 38 heavy (non-hydrogen) atoms. The largest absolute Gasteiger partial charge is 0.465 e. The molecule has 0 spiro atoms. The lowest BCUT2D eigenvalue weighted by Gasteiger charge is -2.51. The summed E-state index contributed by atoms with van der Waals surface area (Å²) in [6.07, 6.45) is -3.85. The lowest BCUT2D eigenvalue weighted by atomic mass is 9.93. The highest BCUT2D eigenvalue weighted by atomic mass is 28.4. The predicted octanol–water partition coefficient (Wildman–Crippen LogP) is 6.02. The number of aliphatic hydroxyl groups excluding tert-OH is 1. The van der Waals surface area contributed by atoms with E-state index in [1.54, 1.807) is 31.4 Å². The number of hydrogen-bond donors (Lipinski definition) is 1. The normalized spacial score (nSPS) is 24.3. The second-order valence-electron chi connectivity index (χ2n) is 10.9. The van der Waals surface area contributed by atoms with Crippen LogP contribution in [0.4, 0.5) is 0 Å². The Labute approximate surface area is 228 Å². The first-order valence-corrected chi connectivity index (χ1v) is 15.6. The van der Waals surface area contributed by atoms with Crippen LogP contribution in [0.5, 0.6) is 0 Å². The SMILES string of the molecule is COC(=O)c1ccc([C@H]2O[C@@H](OC)[C@H](OCc3ccccc3)[C@@H](O[Si](C(C)C)(C(C)C)C(C)C)[C@@H]2O)cc1. The van der Waals surface area contributed by atoms with E-state index in [1.165, 1.54) is 7.11 Å². The molecule has 1 aliphatic rings. The highest BCUT2D eigenvalue weighted by molar-refractivity contribution is 6.77. The number of carbonyl (C=O) groups is 1. The first kappa shape index (κ1) is 30.5. The zero-order valence-electron chi connectivity index (χ0n) is 23.9. The van der Waals surface area contributed by atoms with Crippen molar-refractivity contribution >= 4 is 14.3 Å². The minimum Gasteiger partial charge on any atom is -0.465 e. The Kier molecular flexibility index (Phi) is 10.7. The Balaban J connectivity index is 2.01. The van der Waals surface area contributed by atoms with Crippen LogP contribution in [-0.2, 0) is 30.0 Å². The maximum atomic E-state index is 11.9. The van der Waals surface area contributed by atoms with Gasteiger partial charge in [-0.1, -0.05) is 84.0 Å². The fraction of sp³-hybridized carbons (Fsp3) is 0.567. The van der Waals surface area contributed by atoms with Crippen LogP contribution in [0.25, 0.3) is 0 Å². The Morgan fingerprint density at radius 1 is 0.895 bits per heavy atom. The van der Waals surface area contributed by atoms with E-state index in [9.17, 15) is 9.90 Å². The minimum atomic E-state index is -2.42. The molecule has 1 fully saturated rings. The van der Waals surface area contributed by atoms with Crippen molar-refractivity contribution < 1.29 is 33.3 Å². The van der Waals surface area contributed by atoms with E-state index in [0.717, 1.165) is 5.56 Å². The van der Waals surface area contributed by atoms with Crippen molar-refractivity contribution in [1.82, 2.24) is 0 Å². The average molecular weight is 545 g/mol. The van der Waals surface area contributed by atoms with Gasteiger partial charge in [0.2, 0.25) is 8.32 Å². The Morgan fingerprint density at radius 2 is 1.47 bits per heavy atom. The smallest absolute Gasteiger partial charge is 0.337 e. The van der Waals surface area contributed by atoms with Crippen LogP contribution >= 0.6 is 0 Å². The molecule has 2 aromatic rings. The van der Waals surface area contributed by atoms with Crippen LogP contribution in [0.3, 0.4) is 0 Å². The van der Waals surface area contributed by atoms with E-state index >= 15 is 0 Å². The summed E-state index contributed by atoms with van der Waals surface area (Å²) in [4.78, 5) is 11.9. The van der Waals surface area contributed by atoms with Gasteiger partial charge in [-0.3, -0.25) is 0 Å². The summed E-state index contributed by atoms with van der Waals surface area (Å²) in [7, 11) is 0.503. The second-order valence-corrected chi connectivity index (χ2v) is 16.3. The van der Waals surface area contributed by atoms with Crippen molar-refractivity contribution in [2.24, 2.45) is 0 Å². The standard InChI is InChI=1S/C30H44O7Si/c1-19(2)38(20(3)4,21(5)6)37-27-25(31)26(23-14-16-24(17-15-23)29(32)33-7)36-30(34-8)28(27)35-18-22-12-10-9-11-13-22/h9-17,19-21,25-28,30-31H,18H2,1-8H3/t25-,26-,27+,28-,30-/m1/s1. The molecule has 3 rings (SSSR count). The number of rotatable bonds is 11. The Morgan fingerprint density at radius 3 is 1.97 bits per heavy atom. The summed E-state index contributed by atoms with van der Waals surface area (Å²) in [6, 6.07) is 16.8. The fourth-order valence-corrected chi connectivity index (χ4v) is 11.5. The van der Waals surface area contributed by atoms with Gasteiger partial charge in [0.25, 0.3) is 0 Å². The van der Waals surface area contributed by atoms with Gasteiger partial charge in [0.05, 0.1) is 19.3 Å². The third-order valence-corrected chi connectivity index (χ3v) is 13.8. The van der Waals surface area contributed by atoms with Gasteiger partial charge in [-0.05, 0) is 39.9 Å². The fourth-order valence-electron chi connectivity index (χ4n) is 5.94. The molecule has 8 heteroatoms. The van der Waals surface area contributed by atoms with Crippen molar-refractivity contribution in [3.63, 3.8) is 0 Å². The molecule has 1 saturated heterocycles. The van der Waals surface area contributed by atoms with Crippen molar-refractivity contribution in [3.8, 4) is 0 Å².